The summed E-state index contributed by atoms with van der Waals surface area (Å²) in [4.78, 5) is 16.5. The first-order valence-electron chi connectivity index (χ1n) is 6.46. The van der Waals surface area contributed by atoms with Crippen molar-refractivity contribution in [3.8, 4) is 5.95 Å². The smallest absolute Gasteiger partial charge is 0.241 e. The topological polar surface area (TPSA) is 94.5 Å². The summed E-state index contributed by atoms with van der Waals surface area (Å²) < 4.78 is 1.67. The molecule has 0 saturated heterocycles. The zero-order valence-corrected chi connectivity index (χ0v) is 11.8. The van der Waals surface area contributed by atoms with Gasteiger partial charge in [-0.05, 0) is 31.0 Å². The highest BCUT2D eigenvalue weighted by Crippen LogP contribution is 2.21. The highest BCUT2D eigenvalue weighted by Gasteiger charge is 2.08. The van der Waals surface area contributed by atoms with E-state index in [0.29, 0.717) is 11.9 Å². The molecule has 0 aliphatic rings. The molecule has 1 aromatic carbocycles. The van der Waals surface area contributed by atoms with Crippen LogP contribution in [0.25, 0.3) is 5.95 Å². The number of nitrogens with two attached hydrogens (primary N) is 1. The van der Waals surface area contributed by atoms with Gasteiger partial charge in [0.15, 0.2) is 0 Å². The minimum atomic E-state index is 0.154. The van der Waals surface area contributed by atoms with Crippen LogP contribution in [0.15, 0.2) is 36.9 Å². The number of imidazole rings is 1. The molecule has 0 atom stereocenters. The van der Waals surface area contributed by atoms with Gasteiger partial charge in [-0.15, -0.1) is 0 Å². The Morgan fingerprint density at radius 1 is 1.14 bits per heavy atom. The summed E-state index contributed by atoms with van der Waals surface area (Å²) in [6, 6.07) is 6.00. The minimum absolute atomic E-state index is 0.154. The maximum atomic E-state index is 5.75. The molecule has 0 aliphatic carbocycles. The van der Waals surface area contributed by atoms with E-state index in [0.717, 1.165) is 11.3 Å². The Morgan fingerprint density at radius 2 is 2.00 bits per heavy atom. The SMILES string of the molecule is Cc1cccc(Nc2nc(N)nc(-n3ccnc3)n2)c1C. The summed E-state index contributed by atoms with van der Waals surface area (Å²) in [5, 5.41) is 3.18. The first-order chi connectivity index (χ1) is 10.1. The van der Waals surface area contributed by atoms with Crippen LogP contribution in [-0.2, 0) is 0 Å². The standard InChI is InChI=1S/C14H15N7/c1-9-4-3-5-11(10(9)2)17-13-18-12(15)19-14(20-13)21-7-6-16-8-21/h3-8H,1-2H3,(H3,15,17,18,19,20). The third-order valence-corrected chi connectivity index (χ3v) is 3.23. The average molecular weight is 281 g/mol. The van der Waals surface area contributed by atoms with Gasteiger partial charge >= 0.3 is 0 Å². The van der Waals surface area contributed by atoms with Crippen LogP contribution >= 0.6 is 0 Å². The first-order valence-corrected chi connectivity index (χ1v) is 6.46. The van der Waals surface area contributed by atoms with E-state index < -0.39 is 0 Å². The van der Waals surface area contributed by atoms with Crippen molar-refractivity contribution in [1.82, 2.24) is 24.5 Å². The second-order valence-electron chi connectivity index (χ2n) is 4.66. The van der Waals surface area contributed by atoms with Crippen LogP contribution in [0.5, 0.6) is 0 Å². The van der Waals surface area contributed by atoms with E-state index in [1.54, 1.807) is 23.3 Å². The van der Waals surface area contributed by atoms with Gasteiger partial charge in [0, 0.05) is 18.1 Å². The normalized spacial score (nSPS) is 10.6. The van der Waals surface area contributed by atoms with Crippen LogP contribution < -0.4 is 11.1 Å². The van der Waals surface area contributed by atoms with Crippen LogP contribution in [0.4, 0.5) is 17.6 Å². The number of nitrogens with zero attached hydrogens (tertiary/aromatic N) is 5. The van der Waals surface area contributed by atoms with E-state index in [1.165, 1.54) is 5.56 Å². The summed E-state index contributed by atoms with van der Waals surface area (Å²) in [5.41, 5.74) is 9.02. The average Bonchev–Trinajstić information content (AvgIpc) is 2.97. The number of anilines is 3. The van der Waals surface area contributed by atoms with Gasteiger partial charge in [0.1, 0.15) is 6.33 Å². The monoisotopic (exact) mass is 281 g/mol. The van der Waals surface area contributed by atoms with Gasteiger partial charge < -0.3 is 11.1 Å². The molecular formula is C14H15N7. The quantitative estimate of drug-likeness (QED) is 0.762. The van der Waals surface area contributed by atoms with Gasteiger partial charge in [0.25, 0.3) is 0 Å². The van der Waals surface area contributed by atoms with Crippen molar-refractivity contribution in [2.45, 2.75) is 13.8 Å². The second kappa shape index (κ2) is 5.20. The van der Waals surface area contributed by atoms with Gasteiger partial charge in [-0.3, -0.25) is 4.57 Å². The lowest BCUT2D eigenvalue weighted by Gasteiger charge is -2.11. The lowest BCUT2D eigenvalue weighted by atomic mass is 10.1. The van der Waals surface area contributed by atoms with Crippen LogP contribution in [0.1, 0.15) is 11.1 Å². The third-order valence-electron chi connectivity index (χ3n) is 3.23. The Labute approximate surface area is 121 Å². The number of benzene rings is 1. The molecular weight excluding hydrogens is 266 g/mol. The molecule has 106 valence electrons. The molecule has 2 heterocycles. The molecule has 7 nitrogen and oxygen atoms in total. The Hall–Kier alpha value is -2.96. The molecule has 0 bridgehead atoms. The summed E-state index contributed by atoms with van der Waals surface area (Å²) in [6.07, 6.45) is 5.00. The predicted octanol–water partition coefficient (Wildman–Crippen LogP) is 2.00. The molecule has 2 aromatic heterocycles. The number of hydrogen-bond acceptors (Lipinski definition) is 6. The van der Waals surface area contributed by atoms with Gasteiger partial charge in [0.2, 0.25) is 17.8 Å². The van der Waals surface area contributed by atoms with Crippen molar-refractivity contribution in [2.24, 2.45) is 0 Å². The lowest BCUT2D eigenvalue weighted by molar-refractivity contribution is 0.906. The molecule has 3 N–H and O–H groups in total. The van der Waals surface area contributed by atoms with Crippen molar-refractivity contribution >= 4 is 17.6 Å². The molecule has 0 saturated carbocycles. The number of rotatable bonds is 3. The minimum Gasteiger partial charge on any atom is -0.368 e. The van der Waals surface area contributed by atoms with E-state index >= 15 is 0 Å². The molecule has 0 unspecified atom stereocenters. The highest BCUT2D eigenvalue weighted by molar-refractivity contribution is 5.60. The molecule has 21 heavy (non-hydrogen) atoms. The van der Waals surface area contributed by atoms with E-state index in [-0.39, 0.29) is 5.95 Å². The first kappa shape index (κ1) is 13.0. The highest BCUT2D eigenvalue weighted by atomic mass is 15.3. The van der Waals surface area contributed by atoms with Crippen molar-refractivity contribution < 1.29 is 0 Å². The Bertz CT molecular complexity index is 765. The lowest BCUT2D eigenvalue weighted by Crippen LogP contribution is -2.08. The van der Waals surface area contributed by atoms with Gasteiger partial charge in [0.05, 0.1) is 0 Å². The Morgan fingerprint density at radius 3 is 2.76 bits per heavy atom. The van der Waals surface area contributed by atoms with Crippen LogP contribution in [0.3, 0.4) is 0 Å². The second-order valence-corrected chi connectivity index (χ2v) is 4.66. The number of hydrogen-bond donors (Lipinski definition) is 2. The van der Waals surface area contributed by atoms with Gasteiger partial charge in [-0.2, -0.15) is 15.0 Å². The van der Waals surface area contributed by atoms with Crippen molar-refractivity contribution in [2.75, 3.05) is 11.1 Å². The largest absolute Gasteiger partial charge is 0.368 e. The van der Waals surface area contributed by atoms with Crippen LogP contribution in [0.2, 0.25) is 0 Å². The van der Waals surface area contributed by atoms with Crippen molar-refractivity contribution in [3.05, 3.63) is 48.0 Å². The molecule has 0 aliphatic heterocycles. The summed E-state index contributed by atoms with van der Waals surface area (Å²) in [5.74, 6) is 0.981. The third kappa shape index (κ3) is 2.66. The van der Waals surface area contributed by atoms with Gasteiger partial charge in [-0.25, -0.2) is 4.98 Å². The van der Waals surface area contributed by atoms with Crippen LogP contribution in [-0.4, -0.2) is 24.5 Å². The van der Waals surface area contributed by atoms with E-state index in [4.69, 9.17) is 5.73 Å². The van der Waals surface area contributed by atoms with Crippen molar-refractivity contribution in [3.63, 3.8) is 0 Å². The molecule has 3 rings (SSSR count). The maximum absolute atomic E-state index is 5.75. The zero-order valence-electron chi connectivity index (χ0n) is 11.8. The molecule has 0 amide bonds. The molecule has 0 fully saturated rings. The van der Waals surface area contributed by atoms with Crippen molar-refractivity contribution in [1.29, 1.82) is 0 Å². The summed E-state index contributed by atoms with van der Waals surface area (Å²) >= 11 is 0. The fourth-order valence-electron chi connectivity index (χ4n) is 1.94. The fraction of sp³-hybridized carbons (Fsp3) is 0.143. The molecule has 0 radical (unpaired) electrons. The summed E-state index contributed by atoms with van der Waals surface area (Å²) in [6.45, 7) is 4.10. The molecule has 0 spiro atoms. The fourth-order valence-corrected chi connectivity index (χ4v) is 1.94. The zero-order chi connectivity index (χ0) is 14.8. The van der Waals surface area contributed by atoms with E-state index in [9.17, 15) is 0 Å². The number of nitrogens with one attached hydrogen (secondary N) is 1. The molecule has 7 heteroatoms. The Kier molecular flexibility index (Phi) is 3.23. The molecule has 3 aromatic rings. The predicted molar refractivity (Wildman–Crippen MR) is 80.6 cm³/mol. The van der Waals surface area contributed by atoms with Crippen LogP contribution in [0, 0.1) is 13.8 Å². The Balaban J connectivity index is 1.98. The van der Waals surface area contributed by atoms with E-state index in [1.807, 2.05) is 19.1 Å². The van der Waals surface area contributed by atoms with E-state index in [2.05, 4.69) is 38.2 Å². The maximum Gasteiger partial charge on any atom is 0.241 e. The number of nitrogen functional groups attached to an aromatic ring is 1. The summed E-state index contributed by atoms with van der Waals surface area (Å²) in [7, 11) is 0. The number of aromatic nitrogens is 5. The number of aryl methyl sites for hydroxylation is 1. The van der Waals surface area contributed by atoms with Gasteiger partial charge in [-0.1, -0.05) is 12.1 Å².